The number of hydrogen-bond donors (Lipinski definition) is 1. The first kappa shape index (κ1) is 13.4. The van der Waals surface area contributed by atoms with Gasteiger partial charge in [0.05, 0.1) is 12.2 Å². The van der Waals surface area contributed by atoms with Crippen LogP contribution in [0.1, 0.15) is 43.4 Å². The van der Waals surface area contributed by atoms with Gasteiger partial charge in [-0.15, -0.1) is 0 Å². The highest BCUT2D eigenvalue weighted by Gasteiger charge is 2.15. The zero-order valence-corrected chi connectivity index (χ0v) is 11.2. The molecule has 1 fully saturated rings. The zero-order valence-electron chi connectivity index (χ0n) is 11.2. The van der Waals surface area contributed by atoms with Gasteiger partial charge < -0.3 is 14.6 Å². The van der Waals surface area contributed by atoms with Gasteiger partial charge in [-0.2, -0.15) is 0 Å². The highest BCUT2D eigenvalue weighted by Crippen LogP contribution is 2.23. The third-order valence-corrected chi connectivity index (χ3v) is 3.38. The van der Waals surface area contributed by atoms with E-state index in [0.717, 1.165) is 29.9 Å². The maximum Gasteiger partial charge on any atom is 0.122 e. The second-order valence-electron chi connectivity index (χ2n) is 5.00. The Morgan fingerprint density at radius 1 is 1.44 bits per heavy atom. The predicted octanol–water partition coefficient (Wildman–Crippen LogP) is 3.00. The standard InChI is InChI=1S/C15H22O3/c1-11-9-13(12(2)16)6-7-15(11)18-10-14-5-3-4-8-17-14/h6-7,9,12,14,16H,3-5,8,10H2,1-2H3/t12-,14?/m1/s1. The number of benzene rings is 1. The minimum atomic E-state index is -0.431. The Bertz CT molecular complexity index is 381. The van der Waals surface area contributed by atoms with Gasteiger partial charge in [-0.1, -0.05) is 6.07 Å². The third-order valence-electron chi connectivity index (χ3n) is 3.38. The van der Waals surface area contributed by atoms with Gasteiger partial charge in [0.2, 0.25) is 0 Å². The Hall–Kier alpha value is -1.06. The molecule has 0 aromatic heterocycles. The molecule has 0 saturated carbocycles. The number of aliphatic hydroxyl groups excluding tert-OH is 1. The molecule has 0 spiro atoms. The average Bonchev–Trinajstić information content (AvgIpc) is 2.38. The number of hydrogen-bond acceptors (Lipinski definition) is 3. The van der Waals surface area contributed by atoms with Gasteiger partial charge in [0.15, 0.2) is 0 Å². The van der Waals surface area contributed by atoms with Crippen LogP contribution in [0.2, 0.25) is 0 Å². The molecule has 2 rings (SSSR count). The quantitative estimate of drug-likeness (QED) is 0.892. The Morgan fingerprint density at radius 3 is 2.89 bits per heavy atom. The molecule has 3 heteroatoms. The van der Waals surface area contributed by atoms with Crippen LogP contribution < -0.4 is 4.74 Å². The van der Waals surface area contributed by atoms with Crippen molar-refractivity contribution in [3.05, 3.63) is 29.3 Å². The molecular weight excluding hydrogens is 228 g/mol. The van der Waals surface area contributed by atoms with E-state index in [9.17, 15) is 5.11 Å². The van der Waals surface area contributed by atoms with Gasteiger partial charge in [-0.05, 0) is 56.4 Å². The van der Waals surface area contributed by atoms with E-state index in [1.54, 1.807) is 6.92 Å². The summed E-state index contributed by atoms with van der Waals surface area (Å²) in [7, 11) is 0. The first-order chi connectivity index (χ1) is 8.66. The third kappa shape index (κ3) is 3.47. The fourth-order valence-electron chi connectivity index (χ4n) is 2.22. The van der Waals surface area contributed by atoms with Crippen LogP contribution in [0.5, 0.6) is 5.75 Å². The highest BCUT2D eigenvalue weighted by molar-refractivity contribution is 5.36. The summed E-state index contributed by atoms with van der Waals surface area (Å²) >= 11 is 0. The Labute approximate surface area is 109 Å². The normalized spacial score (nSPS) is 21.6. The molecule has 18 heavy (non-hydrogen) atoms. The molecular formula is C15H22O3. The molecule has 0 radical (unpaired) electrons. The molecule has 1 aliphatic heterocycles. The van der Waals surface area contributed by atoms with Crippen molar-refractivity contribution in [1.82, 2.24) is 0 Å². The second kappa shape index (κ2) is 6.21. The minimum Gasteiger partial charge on any atom is -0.491 e. The fourth-order valence-corrected chi connectivity index (χ4v) is 2.22. The number of aryl methyl sites for hydroxylation is 1. The van der Waals surface area contributed by atoms with E-state index < -0.39 is 6.10 Å². The van der Waals surface area contributed by atoms with E-state index >= 15 is 0 Å². The lowest BCUT2D eigenvalue weighted by molar-refractivity contribution is -0.0112. The summed E-state index contributed by atoms with van der Waals surface area (Å²) < 4.78 is 11.4. The maximum atomic E-state index is 9.51. The Balaban J connectivity index is 1.92. The van der Waals surface area contributed by atoms with Crippen LogP contribution in [-0.2, 0) is 4.74 Å². The molecule has 1 N–H and O–H groups in total. The van der Waals surface area contributed by atoms with Crippen molar-refractivity contribution in [3.8, 4) is 5.75 Å². The lowest BCUT2D eigenvalue weighted by Gasteiger charge is -2.23. The zero-order chi connectivity index (χ0) is 13.0. The van der Waals surface area contributed by atoms with Crippen molar-refractivity contribution < 1.29 is 14.6 Å². The molecule has 1 aliphatic rings. The van der Waals surface area contributed by atoms with Crippen LogP contribution in [0, 0.1) is 6.92 Å². The first-order valence-electron chi connectivity index (χ1n) is 6.70. The Morgan fingerprint density at radius 2 is 2.28 bits per heavy atom. The van der Waals surface area contributed by atoms with Crippen molar-refractivity contribution in [3.63, 3.8) is 0 Å². The van der Waals surface area contributed by atoms with E-state index in [1.165, 1.54) is 12.8 Å². The monoisotopic (exact) mass is 250 g/mol. The van der Waals surface area contributed by atoms with Crippen LogP contribution in [0.3, 0.4) is 0 Å². The molecule has 3 nitrogen and oxygen atoms in total. The van der Waals surface area contributed by atoms with Gasteiger partial charge in [-0.3, -0.25) is 0 Å². The molecule has 0 amide bonds. The number of ether oxygens (including phenoxy) is 2. The van der Waals surface area contributed by atoms with Crippen molar-refractivity contribution in [2.75, 3.05) is 13.2 Å². The summed E-state index contributed by atoms with van der Waals surface area (Å²) in [5.74, 6) is 0.883. The van der Waals surface area contributed by atoms with Crippen molar-refractivity contribution in [2.45, 2.75) is 45.3 Å². The lowest BCUT2D eigenvalue weighted by atomic mass is 10.1. The largest absolute Gasteiger partial charge is 0.491 e. The summed E-state index contributed by atoms with van der Waals surface area (Å²) in [5.41, 5.74) is 1.98. The molecule has 1 aromatic carbocycles. The molecule has 100 valence electrons. The topological polar surface area (TPSA) is 38.7 Å². The maximum absolute atomic E-state index is 9.51. The molecule has 1 saturated heterocycles. The predicted molar refractivity (Wildman–Crippen MR) is 70.9 cm³/mol. The van der Waals surface area contributed by atoms with Crippen LogP contribution >= 0.6 is 0 Å². The summed E-state index contributed by atoms with van der Waals surface area (Å²) in [6.07, 6.45) is 3.28. The number of rotatable bonds is 4. The second-order valence-corrected chi connectivity index (χ2v) is 5.00. The number of aliphatic hydroxyl groups is 1. The molecule has 1 unspecified atom stereocenters. The van der Waals surface area contributed by atoms with Crippen LogP contribution in [0.25, 0.3) is 0 Å². The van der Waals surface area contributed by atoms with Crippen LogP contribution in [-0.4, -0.2) is 24.4 Å². The summed E-state index contributed by atoms with van der Waals surface area (Å²) in [4.78, 5) is 0. The minimum absolute atomic E-state index is 0.231. The first-order valence-corrected chi connectivity index (χ1v) is 6.70. The van der Waals surface area contributed by atoms with Crippen molar-refractivity contribution in [1.29, 1.82) is 0 Å². The average molecular weight is 250 g/mol. The van der Waals surface area contributed by atoms with E-state index in [2.05, 4.69) is 0 Å². The molecule has 0 bridgehead atoms. The van der Waals surface area contributed by atoms with Gasteiger partial charge >= 0.3 is 0 Å². The van der Waals surface area contributed by atoms with Crippen LogP contribution in [0.4, 0.5) is 0 Å². The van der Waals surface area contributed by atoms with Gasteiger partial charge in [0, 0.05) is 6.61 Å². The van der Waals surface area contributed by atoms with E-state index in [-0.39, 0.29) is 6.10 Å². The fraction of sp³-hybridized carbons (Fsp3) is 0.600. The van der Waals surface area contributed by atoms with E-state index in [1.807, 2.05) is 25.1 Å². The van der Waals surface area contributed by atoms with Crippen molar-refractivity contribution in [2.24, 2.45) is 0 Å². The molecule has 1 aromatic rings. The molecule has 0 aliphatic carbocycles. The summed E-state index contributed by atoms with van der Waals surface area (Å²) in [6, 6.07) is 5.82. The van der Waals surface area contributed by atoms with Crippen molar-refractivity contribution >= 4 is 0 Å². The van der Waals surface area contributed by atoms with Crippen LogP contribution in [0.15, 0.2) is 18.2 Å². The summed E-state index contributed by atoms with van der Waals surface area (Å²) in [6.45, 7) is 5.25. The van der Waals surface area contributed by atoms with E-state index in [4.69, 9.17) is 9.47 Å². The van der Waals surface area contributed by atoms with E-state index in [0.29, 0.717) is 6.61 Å². The smallest absolute Gasteiger partial charge is 0.122 e. The highest BCUT2D eigenvalue weighted by atomic mass is 16.5. The lowest BCUT2D eigenvalue weighted by Crippen LogP contribution is -2.25. The van der Waals surface area contributed by atoms with Gasteiger partial charge in [0.25, 0.3) is 0 Å². The molecule has 1 heterocycles. The Kier molecular flexibility index (Phi) is 4.61. The summed E-state index contributed by atoms with van der Waals surface area (Å²) in [5, 5.41) is 9.51. The van der Waals surface area contributed by atoms with Gasteiger partial charge in [-0.25, -0.2) is 0 Å². The molecule has 2 atom stereocenters. The van der Waals surface area contributed by atoms with Gasteiger partial charge in [0.1, 0.15) is 12.4 Å². The SMILES string of the molecule is Cc1cc([C@@H](C)O)ccc1OCC1CCCCO1.